The molecule has 0 aromatic carbocycles. The smallest absolute Gasteiger partial charge is 0.266 e. The van der Waals surface area contributed by atoms with E-state index in [-0.39, 0.29) is 11.5 Å². The number of carbonyl (C=O) groups is 1. The van der Waals surface area contributed by atoms with Crippen LogP contribution in [0.1, 0.15) is 24.2 Å². The Kier molecular flexibility index (Phi) is 5.91. The van der Waals surface area contributed by atoms with Crippen LogP contribution in [0.4, 0.5) is 5.69 Å². The van der Waals surface area contributed by atoms with E-state index in [4.69, 9.17) is 10.8 Å². The van der Waals surface area contributed by atoms with Crippen molar-refractivity contribution in [1.82, 2.24) is 29.8 Å². The van der Waals surface area contributed by atoms with Crippen LogP contribution in [0.25, 0.3) is 0 Å². The summed E-state index contributed by atoms with van der Waals surface area (Å²) in [4.78, 5) is 30.1. The van der Waals surface area contributed by atoms with E-state index in [1.54, 1.807) is 12.3 Å². The van der Waals surface area contributed by atoms with E-state index in [1.807, 2.05) is 9.58 Å². The fraction of sp³-hybridized carbons (Fsp3) is 0.579. The van der Waals surface area contributed by atoms with Gasteiger partial charge >= 0.3 is 0 Å². The molecule has 10 heteroatoms. The van der Waals surface area contributed by atoms with Gasteiger partial charge in [-0.2, -0.15) is 10.2 Å². The van der Waals surface area contributed by atoms with Crippen LogP contribution in [-0.4, -0.2) is 75.0 Å². The first-order valence-electron chi connectivity index (χ1n) is 10.2. The molecular weight excluding hydrogens is 372 g/mol. The average Bonchev–Trinajstić information content (AvgIpc) is 2.97. The van der Waals surface area contributed by atoms with E-state index in [0.29, 0.717) is 19.5 Å². The summed E-state index contributed by atoms with van der Waals surface area (Å²) in [6.07, 6.45) is 3.00. The predicted molar refractivity (Wildman–Crippen MR) is 108 cm³/mol. The second-order valence-electron chi connectivity index (χ2n) is 7.62. The lowest BCUT2D eigenvalue weighted by molar-refractivity contribution is -0.131. The summed E-state index contributed by atoms with van der Waals surface area (Å²) in [5.74, 6) is 0.120. The fourth-order valence-electron chi connectivity index (χ4n) is 4.03. The SMILES string of the molecule is NCCC(=O)N1CCCn2nc(CN3CCN(c4cn[nH]c(=O)c4)CC3)cc2C1. The zero-order valence-corrected chi connectivity index (χ0v) is 16.6. The highest BCUT2D eigenvalue weighted by Gasteiger charge is 2.22. The largest absolute Gasteiger partial charge is 0.368 e. The molecule has 2 aromatic heterocycles. The number of nitrogens with one attached hydrogen (secondary N) is 1. The Morgan fingerprint density at radius 1 is 1.14 bits per heavy atom. The molecule has 2 aliphatic rings. The first kappa shape index (κ1) is 19.6. The maximum absolute atomic E-state index is 12.2. The molecule has 0 spiro atoms. The number of nitrogens with two attached hydrogens (primary N) is 1. The monoisotopic (exact) mass is 400 g/mol. The van der Waals surface area contributed by atoms with Gasteiger partial charge in [-0.3, -0.25) is 19.2 Å². The molecule has 2 aliphatic heterocycles. The third-order valence-electron chi connectivity index (χ3n) is 5.55. The lowest BCUT2D eigenvalue weighted by Gasteiger charge is -2.35. The topological polar surface area (TPSA) is 116 Å². The standard InChI is InChI=1S/C19H28N8O2/c20-3-2-19(29)26-4-1-5-27-17(14-26)10-15(23-27)13-24-6-8-25(9-7-24)16-11-18(28)22-21-12-16/h10-12H,1-9,13-14,20H2,(H,22,28). The van der Waals surface area contributed by atoms with Crippen molar-refractivity contribution >= 4 is 11.6 Å². The lowest BCUT2D eigenvalue weighted by atomic mass is 10.2. The third kappa shape index (κ3) is 4.65. The third-order valence-corrected chi connectivity index (χ3v) is 5.55. The molecule has 10 nitrogen and oxygen atoms in total. The molecular formula is C19H28N8O2. The molecule has 1 amide bonds. The summed E-state index contributed by atoms with van der Waals surface area (Å²) in [6.45, 7) is 6.88. The molecule has 29 heavy (non-hydrogen) atoms. The molecule has 4 heterocycles. The second-order valence-corrected chi connectivity index (χ2v) is 7.62. The number of aryl methyl sites for hydroxylation is 1. The molecule has 4 rings (SSSR count). The van der Waals surface area contributed by atoms with Crippen molar-refractivity contribution in [3.63, 3.8) is 0 Å². The van der Waals surface area contributed by atoms with Crippen molar-refractivity contribution in [3.05, 3.63) is 40.1 Å². The number of hydrogen-bond donors (Lipinski definition) is 2. The van der Waals surface area contributed by atoms with E-state index in [1.165, 1.54) is 0 Å². The fourth-order valence-corrected chi connectivity index (χ4v) is 4.03. The van der Waals surface area contributed by atoms with Crippen LogP contribution in [0.15, 0.2) is 23.1 Å². The summed E-state index contributed by atoms with van der Waals surface area (Å²) < 4.78 is 2.04. The number of fused-ring (bicyclic) bond motifs is 1. The van der Waals surface area contributed by atoms with E-state index < -0.39 is 0 Å². The molecule has 0 aliphatic carbocycles. The Bertz CT molecular complexity index is 900. The normalized spacial score (nSPS) is 17.8. The zero-order chi connectivity index (χ0) is 20.2. The number of nitrogens with zero attached hydrogens (tertiary/aromatic N) is 6. The Hall–Kier alpha value is -2.72. The van der Waals surface area contributed by atoms with Gasteiger partial charge in [0.05, 0.1) is 29.8 Å². The summed E-state index contributed by atoms with van der Waals surface area (Å²) in [5.41, 5.74) is 8.36. The van der Waals surface area contributed by atoms with Gasteiger partial charge in [0.2, 0.25) is 5.91 Å². The summed E-state index contributed by atoms with van der Waals surface area (Å²) in [7, 11) is 0. The van der Waals surface area contributed by atoms with E-state index in [9.17, 15) is 9.59 Å². The van der Waals surface area contributed by atoms with Crippen LogP contribution in [0.5, 0.6) is 0 Å². The quantitative estimate of drug-likeness (QED) is 0.686. The molecule has 0 atom stereocenters. The van der Waals surface area contributed by atoms with Gasteiger partial charge in [-0.15, -0.1) is 0 Å². The van der Waals surface area contributed by atoms with Gasteiger partial charge in [-0.1, -0.05) is 0 Å². The van der Waals surface area contributed by atoms with Gasteiger partial charge in [0.1, 0.15) is 0 Å². The number of rotatable bonds is 5. The van der Waals surface area contributed by atoms with Crippen molar-refractivity contribution in [3.8, 4) is 0 Å². The first-order valence-corrected chi connectivity index (χ1v) is 10.2. The molecule has 3 N–H and O–H groups in total. The van der Waals surface area contributed by atoms with Gasteiger partial charge in [0.15, 0.2) is 0 Å². The Morgan fingerprint density at radius 3 is 2.72 bits per heavy atom. The average molecular weight is 400 g/mol. The molecule has 0 bridgehead atoms. The Balaban J connectivity index is 1.35. The maximum atomic E-state index is 12.2. The van der Waals surface area contributed by atoms with E-state index in [0.717, 1.165) is 69.3 Å². The number of anilines is 1. The number of H-pyrrole nitrogens is 1. The van der Waals surface area contributed by atoms with E-state index >= 15 is 0 Å². The number of aromatic amines is 1. The van der Waals surface area contributed by atoms with Crippen molar-refractivity contribution in [2.24, 2.45) is 5.73 Å². The minimum Gasteiger partial charge on any atom is -0.368 e. The Labute approximate surface area is 169 Å². The van der Waals surface area contributed by atoms with Crippen LogP contribution in [0, 0.1) is 0 Å². The number of aromatic nitrogens is 4. The van der Waals surface area contributed by atoms with Crippen molar-refractivity contribution in [2.75, 3.05) is 44.2 Å². The van der Waals surface area contributed by atoms with Gasteiger partial charge in [0.25, 0.3) is 5.56 Å². The van der Waals surface area contributed by atoms with Gasteiger partial charge in [0, 0.05) is 64.8 Å². The van der Waals surface area contributed by atoms with Crippen LogP contribution in [-0.2, 0) is 24.4 Å². The molecule has 0 radical (unpaired) electrons. The zero-order valence-electron chi connectivity index (χ0n) is 16.6. The van der Waals surface area contributed by atoms with Crippen LogP contribution >= 0.6 is 0 Å². The summed E-state index contributed by atoms with van der Waals surface area (Å²) >= 11 is 0. The van der Waals surface area contributed by atoms with E-state index in [2.05, 4.69) is 26.1 Å². The molecule has 1 saturated heterocycles. The molecule has 0 saturated carbocycles. The first-order chi connectivity index (χ1) is 14.1. The number of carbonyl (C=O) groups excluding carboxylic acids is 1. The number of amides is 1. The molecule has 2 aromatic rings. The number of hydrogen-bond acceptors (Lipinski definition) is 7. The minimum absolute atomic E-state index is 0.120. The van der Waals surface area contributed by atoms with Gasteiger partial charge in [-0.25, -0.2) is 5.10 Å². The highest BCUT2D eigenvalue weighted by molar-refractivity contribution is 5.76. The summed E-state index contributed by atoms with van der Waals surface area (Å²) in [6, 6.07) is 3.72. The predicted octanol–water partition coefficient (Wildman–Crippen LogP) is -0.630. The Morgan fingerprint density at radius 2 is 1.97 bits per heavy atom. The molecule has 1 fully saturated rings. The van der Waals surface area contributed by atoms with Gasteiger partial charge in [-0.05, 0) is 12.5 Å². The second kappa shape index (κ2) is 8.75. The van der Waals surface area contributed by atoms with Crippen LogP contribution in [0.3, 0.4) is 0 Å². The van der Waals surface area contributed by atoms with Crippen molar-refractivity contribution in [1.29, 1.82) is 0 Å². The minimum atomic E-state index is -0.177. The number of piperazine rings is 1. The summed E-state index contributed by atoms with van der Waals surface area (Å²) in [5, 5.41) is 11.1. The highest BCUT2D eigenvalue weighted by atomic mass is 16.2. The lowest BCUT2D eigenvalue weighted by Crippen LogP contribution is -2.46. The van der Waals surface area contributed by atoms with Gasteiger partial charge < -0.3 is 15.5 Å². The highest BCUT2D eigenvalue weighted by Crippen LogP contribution is 2.18. The van der Waals surface area contributed by atoms with Crippen molar-refractivity contribution < 1.29 is 4.79 Å². The maximum Gasteiger partial charge on any atom is 0.266 e. The van der Waals surface area contributed by atoms with Crippen LogP contribution in [0.2, 0.25) is 0 Å². The molecule has 0 unspecified atom stereocenters. The molecule has 156 valence electrons. The van der Waals surface area contributed by atoms with Crippen molar-refractivity contribution in [2.45, 2.75) is 32.5 Å². The van der Waals surface area contributed by atoms with Crippen LogP contribution < -0.4 is 16.2 Å².